The van der Waals surface area contributed by atoms with Crippen molar-refractivity contribution in [1.29, 1.82) is 0 Å². The molecule has 2 rings (SSSR count). The van der Waals surface area contributed by atoms with E-state index in [2.05, 4.69) is 0 Å². The second-order valence-electron chi connectivity index (χ2n) is 4.52. The number of benzene rings is 2. The van der Waals surface area contributed by atoms with E-state index in [9.17, 15) is 9.18 Å². The molecule has 4 nitrogen and oxygen atoms in total. The van der Waals surface area contributed by atoms with Crippen LogP contribution in [-0.2, 0) is 22.6 Å². The maximum Gasteiger partial charge on any atom is 0.310 e. The Hall–Kier alpha value is -2.56. The summed E-state index contributed by atoms with van der Waals surface area (Å²) in [5.74, 6) is -0.834. The van der Waals surface area contributed by atoms with Crippen molar-refractivity contribution >= 4 is 11.7 Å². The normalized spacial score (nSPS) is 10.2. The Bertz CT molecular complexity index is 643. The molecule has 5 heteroatoms. The number of anilines is 1. The molecule has 0 aromatic heterocycles. The second kappa shape index (κ2) is 6.74. The maximum absolute atomic E-state index is 13.9. The SMILES string of the molecule is COc1cccc(COC(=O)Cc2cccc(N)c2)c1F. The molecular formula is C16H16FNO3. The topological polar surface area (TPSA) is 61.5 Å². The van der Waals surface area contributed by atoms with E-state index < -0.39 is 11.8 Å². The zero-order valence-corrected chi connectivity index (χ0v) is 11.6. The highest BCUT2D eigenvalue weighted by molar-refractivity contribution is 5.73. The van der Waals surface area contributed by atoms with E-state index in [0.717, 1.165) is 5.56 Å². The van der Waals surface area contributed by atoms with Crippen molar-refractivity contribution in [3.05, 3.63) is 59.4 Å². The van der Waals surface area contributed by atoms with Crippen LogP contribution in [0.1, 0.15) is 11.1 Å². The number of esters is 1. The number of halogens is 1. The molecular weight excluding hydrogens is 273 g/mol. The number of rotatable bonds is 5. The van der Waals surface area contributed by atoms with E-state index in [1.54, 1.807) is 36.4 Å². The third kappa shape index (κ3) is 3.95. The molecule has 0 saturated heterocycles. The van der Waals surface area contributed by atoms with Gasteiger partial charge in [-0.2, -0.15) is 0 Å². The lowest BCUT2D eigenvalue weighted by molar-refractivity contribution is -0.144. The molecule has 0 fully saturated rings. The van der Waals surface area contributed by atoms with E-state index in [1.165, 1.54) is 13.2 Å². The van der Waals surface area contributed by atoms with Crippen LogP contribution in [0.2, 0.25) is 0 Å². The quantitative estimate of drug-likeness (QED) is 0.679. The van der Waals surface area contributed by atoms with Crippen LogP contribution in [0.5, 0.6) is 5.75 Å². The first-order chi connectivity index (χ1) is 10.1. The molecule has 2 aromatic rings. The summed E-state index contributed by atoms with van der Waals surface area (Å²) in [4.78, 5) is 11.7. The predicted molar refractivity (Wildman–Crippen MR) is 77.3 cm³/mol. The monoisotopic (exact) mass is 289 g/mol. The molecule has 0 saturated carbocycles. The number of nitrogen functional groups attached to an aromatic ring is 1. The van der Waals surface area contributed by atoms with Gasteiger partial charge < -0.3 is 15.2 Å². The maximum atomic E-state index is 13.9. The van der Waals surface area contributed by atoms with Crippen molar-refractivity contribution in [1.82, 2.24) is 0 Å². The van der Waals surface area contributed by atoms with E-state index in [1.807, 2.05) is 0 Å². The van der Waals surface area contributed by atoms with Gasteiger partial charge in [-0.05, 0) is 23.8 Å². The molecule has 0 atom stereocenters. The number of ether oxygens (including phenoxy) is 2. The zero-order chi connectivity index (χ0) is 15.2. The Morgan fingerprint density at radius 1 is 1.24 bits per heavy atom. The van der Waals surface area contributed by atoms with E-state index in [0.29, 0.717) is 5.69 Å². The van der Waals surface area contributed by atoms with Gasteiger partial charge in [0.15, 0.2) is 11.6 Å². The van der Waals surface area contributed by atoms with Gasteiger partial charge >= 0.3 is 5.97 Å². The lowest BCUT2D eigenvalue weighted by atomic mass is 10.1. The molecule has 2 aromatic carbocycles. The first-order valence-corrected chi connectivity index (χ1v) is 6.41. The van der Waals surface area contributed by atoms with Gasteiger partial charge in [0.2, 0.25) is 0 Å². The summed E-state index contributed by atoms with van der Waals surface area (Å²) in [6.45, 7) is -0.135. The lowest BCUT2D eigenvalue weighted by Gasteiger charge is -2.08. The van der Waals surface area contributed by atoms with Gasteiger partial charge in [-0.3, -0.25) is 4.79 Å². The summed E-state index contributed by atoms with van der Waals surface area (Å²) >= 11 is 0. The number of nitrogens with two attached hydrogens (primary N) is 1. The third-order valence-corrected chi connectivity index (χ3v) is 2.95. The minimum absolute atomic E-state index is 0.0939. The molecule has 2 N–H and O–H groups in total. The second-order valence-corrected chi connectivity index (χ2v) is 4.52. The molecule has 21 heavy (non-hydrogen) atoms. The summed E-state index contributed by atoms with van der Waals surface area (Å²) in [7, 11) is 1.38. The molecule has 0 amide bonds. The molecule has 0 radical (unpaired) electrons. The average molecular weight is 289 g/mol. The molecule has 0 aliphatic heterocycles. The van der Waals surface area contributed by atoms with Crippen LogP contribution in [0, 0.1) is 5.82 Å². The van der Waals surface area contributed by atoms with Crippen molar-refractivity contribution in [3.8, 4) is 5.75 Å². The molecule has 0 heterocycles. The molecule has 110 valence electrons. The van der Waals surface area contributed by atoms with Crippen molar-refractivity contribution < 1.29 is 18.7 Å². The molecule has 0 bridgehead atoms. The summed E-state index contributed by atoms with van der Waals surface area (Å²) in [5.41, 5.74) is 7.25. The number of carbonyl (C=O) groups excluding carboxylic acids is 1. The van der Waals surface area contributed by atoms with Crippen molar-refractivity contribution in [2.24, 2.45) is 0 Å². The first kappa shape index (κ1) is 14.8. The van der Waals surface area contributed by atoms with E-state index >= 15 is 0 Å². The molecule has 0 spiro atoms. The summed E-state index contributed by atoms with van der Waals surface area (Å²) < 4.78 is 23.8. The van der Waals surface area contributed by atoms with Gasteiger partial charge in [-0.25, -0.2) is 4.39 Å². The van der Waals surface area contributed by atoms with Gasteiger partial charge in [0, 0.05) is 11.3 Å². The van der Waals surface area contributed by atoms with Gasteiger partial charge in [-0.1, -0.05) is 24.3 Å². The van der Waals surface area contributed by atoms with Gasteiger partial charge in [0.1, 0.15) is 6.61 Å². The Labute approximate surface area is 122 Å². The lowest BCUT2D eigenvalue weighted by Crippen LogP contribution is -2.09. The highest BCUT2D eigenvalue weighted by Crippen LogP contribution is 2.20. The molecule has 0 unspecified atom stereocenters. The Kier molecular flexibility index (Phi) is 4.77. The Morgan fingerprint density at radius 3 is 2.71 bits per heavy atom. The highest BCUT2D eigenvalue weighted by Gasteiger charge is 2.11. The van der Waals surface area contributed by atoms with E-state index in [4.69, 9.17) is 15.2 Å². The van der Waals surface area contributed by atoms with Crippen molar-refractivity contribution in [2.75, 3.05) is 12.8 Å². The highest BCUT2D eigenvalue weighted by atomic mass is 19.1. The van der Waals surface area contributed by atoms with Crippen LogP contribution in [0.25, 0.3) is 0 Å². The minimum Gasteiger partial charge on any atom is -0.494 e. The molecule has 0 aliphatic carbocycles. The number of hydrogen-bond acceptors (Lipinski definition) is 4. The summed E-state index contributed by atoms with van der Waals surface area (Å²) in [6, 6.07) is 11.7. The van der Waals surface area contributed by atoms with Crippen LogP contribution in [0.4, 0.5) is 10.1 Å². The van der Waals surface area contributed by atoms with Crippen molar-refractivity contribution in [3.63, 3.8) is 0 Å². The van der Waals surface area contributed by atoms with Crippen LogP contribution in [-0.4, -0.2) is 13.1 Å². The van der Waals surface area contributed by atoms with Crippen LogP contribution in [0.15, 0.2) is 42.5 Å². The number of carbonyl (C=O) groups is 1. The van der Waals surface area contributed by atoms with Crippen LogP contribution >= 0.6 is 0 Å². The van der Waals surface area contributed by atoms with Gasteiger partial charge in [0.25, 0.3) is 0 Å². The predicted octanol–water partition coefficient (Wildman–Crippen LogP) is 2.70. The fourth-order valence-electron chi connectivity index (χ4n) is 1.90. The minimum atomic E-state index is -0.517. The van der Waals surface area contributed by atoms with Crippen LogP contribution in [0.3, 0.4) is 0 Å². The third-order valence-electron chi connectivity index (χ3n) is 2.95. The number of hydrogen-bond donors (Lipinski definition) is 1. The average Bonchev–Trinajstić information content (AvgIpc) is 2.46. The Morgan fingerprint density at radius 2 is 2.00 bits per heavy atom. The fraction of sp³-hybridized carbons (Fsp3) is 0.188. The van der Waals surface area contributed by atoms with Crippen LogP contribution < -0.4 is 10.5 Å². The largest absolute Gasteiger partial charge is 0.494 e. The fourth-order valence-corrected chi connectivity index (χ4v) is 1.90. The van der Waals surface area contributed by atoms with Gasteiger partial charge in [0.05, 0.1) is 13.5 Å². The van der Waals surface area contributed by atoms with Crippen molar-refractivity contribution in [2.45, 2.75) is 13.0 Å². The van der Waals surface area contributed by atoms with Gasteiger partial charge in [-0.15, -0.1) is 0 Å². The standard InChI is InChI=1S/C16H16FNO3/c1-20-14-7-3-5-12(16(14)17)10-21-15(19)9-11-4-2-6-13(18)8-11/h2-8H,9-10,18H2,1H3. The zero-order valence-electron chi connectivity index (χ0n) is 11.6. The first-order valence-electron chi connectivity index (χ1n) is 6.41. The smallest absolute Gasteiger partial charge is 0.310 e. The molecule has 0 aliphatic rings. The summed E-state index contributed by atoms with van der Waals surface area (Å²) in [6.07, 6.45) is 0.0939. The number of methoxy groups -OCH3 is 1. The summed E-state index contributed by atoms with van der Waals surface area (Å²) in [5, 5.41) is 0. The van der Waals surface area contributed by atoms with E-state index in [-0.39, 0.29) is 24.3 Å². The Balaban J connectivity index is 1.95.